The first-order valence-electron chi connectivity index (χ1n) is 12.8. The van der Waals surface area contributed by atoms with Crippen LogP contribution in [0.2, 0.25) is 0 Å². The fraction of sp³-hybridized carbons (Fsp3) is 0.250. The Kier molecular flexibility index (Phi) is 6.94. The number of rotatable bonds is 5. The van der Waals surface area contributed by atoms with Crippen molar-refractivity contribution in [3.05, 3.63) is 103 Å². The van der Waals surface area contributed by atoms with E-state index in [9.17, 15) is 23.2 Å². The Morgan fingerprint density at radius 2 is 1.82 bits per heavy atom. The maximum absolute atomic E-state index is 14.1. The fourth-order valence-corrected chi connectivity index (χ4v) is 5.83. The van der Waals surface area contributed by atoms with E-state index in [-0.39, 0.29) is 41.1 Å². The van der Waals surface area contributed by atoms with Gasteiger partial charge in [0.15, 0.2) is 5.65 Å². The maximum atomic E-state index is 14.1. The molecule has 0 aliphatic heterocycles. The van der Waals surface area contributed by atoms with Crippen LogP contribution in [0.5, 0.6) is 0 Å². The average molecular weight is 656 g/mol. The van der Waals surface area contributed by atoms with Crippen LogP contribution in [-0.2, 0) is 6.54 Å². The van der Waals surface area contributed by atoms with Crippen LogP contribution >= 0.6 is 22.6 Å². The Balaban J connectivity index is 1.21. The highest BCUT2D eigenvalue weighted by atomic mass is 127. The van der Waals surface area contributed by atoms with Crippen molar-refractivity contribution in [3.63, 3.8) is 0 Å². The van der Waals surface area contributed by atoms with E-state index < -0.39 is 22.9 Å². The lowest BCUT2D eigenvalue weighted by molar-refractivity contribution is 0.0915. The molecule has 0 atom stereocenters. The van der Waals surface area contributed by atoms with Crippen molar-refractivity contribution in [3.8, 4) is 5.69 Å². The van der Waals surface area contributed by atoms with Crippen molar-refractivity contribution in [2.75, 3.05) is 0 Å². The summed E-state index contributed by atoms with van der Waals surface area (Å²) >= 11 is 2.14. The van der Waals surface area contributed by atoms with E-state index in [0.29, 0.717) is 37.0 Å². The third-order valence-electron chi connectivity index (χ3n) is 7.28. The van der Waals surface area contributed by atoms with Gasteiger partial charge in [-0.15, -0.1) is 0 Å². The molecule has 12 heteroatoms. The zero-order valence-electron chi connectivity index (χ0n) is 21.1. The smallest absolute Gasteiger partial charge is 0.337 e. The van der Waals surface area contributed by atoms with E-state index in [2.05, 4.69) is 37.9 Å². The number of carbonyl (C=O) groups excluding carboxylic acids is 1. The lowest BCUT2D eigenvalue weighted by Gasteiger charge is -2.29. The van der Waals surface area contributed by atoms with Crippen LogP contribution in [0, 0.1) is 21.1 Å². The minimum absolute atomic E-state index is 0.0139. The number of imidazole rings is 1. The van der Waals surface area contributed by atoms with Crippen molar-refractivity contribution in [2.24, 2.45) is 5.92 Å². The molecule has 4 heterocycles. The molecule has 1 aliphatic carbocycles. The molecule has 1 amide bonds. The van der Waals surface area contributed by atoms with Gasteiger partial charge < -0.3 is 9.72 Å². The van der Waals surface area contributed by atoms with Crippen LogP contribution in [-0.4, -0.2) is 35.5 Å². The molecular weight excluding hydrogens is 633 g/mol. The van der Waals surface area contributed by atoms with Crippen molar-refractivity contribution in [1.29, 1.82) is 0 Å². The van der Waals surface area contributed by atoms with Crippen LogP contribution in [0.1, 0.15) is 36.2 Å². The van der Waals surface area contributed by atoms with Crippen molar-refractivity contribution in [2.45, 2.75) is 38.3 Å². The zero-order chi connectivity index (χ0) is 28.0. The molecule has 1 aliphatic rings. The lowest BCUT2D eigenvalue weighted by atomic mass is 9.86. The third kappa shape index (κ3) is 5.03. The normalized spacial score (nSPS) is 17.4. The van der Waals surface area contributed by atoms with Crippen molar-refractivity contribution >= 4 is 45.2 Å². The van der Waals surface area contributed by atoms with Crippen LogP contribution in [0.15, 0.2) is 70.6 Å². The maximum Gasteiger partial charge on any atom is 0.337 e. The first-order valence-corrected chi connectivity index (χ1v) is 13.9. The second-order valence-electron chi connectivity index (χ2n) is 9.97. The first-order chi connectivity index (χ1) is 19.3. The molecule has 0 spiro atoms. The number of pyridine rings is 2. The summed E-state index contributed by atoms with van der Waals surface area (Å²) in [7, 11) is 0. The third-order valence-corrected chi connectivity index (χ3v) is 7.95. The van der Waals surface area contributed by atoms with Gasteiger partial charge in [0, 0.05) is 28.6 Å². The van der Waals surface area contributed by atoms with Gasteiger partial charge in [-0.3, -0.25) is 14.2 Å². The Bertz CT molecular complexity index is 1890. The molecule has 204 valence electrons. The van der Waals surface area contributed by atoms with E-state index in [1.54, 1.807) is 18.2 Å². The predicted octanol–water partition coefficient (Wildman–Crippen LogP) is 4.07. The molecule has 0 bridgehead atoms. The molecule has 6 rings (SSSR count). The average Bonchev–Trinajstić information content (AvgIpc) is 3.36. The summed E-state index contributed by atoms with van der Waals surface area (Å²) < 4.78 is 32.4. The van der Waals surface area contributed by atoms with Crippen LogP contribution in [0.3, 0.4) is 0 Å². The Hall–Kier alpha value is -3.94. The minimum Gasteiger partial charge on any atom is -0.348 e. The Morgan fingerprint density at radius 3 is 2.60 bits per heavy atom. The molecule has 0 unspecified atom stereocenters. The number of amides is 1. The SMILES string of the molecule is O=C(NC1CCC(Cn2c(=O)c3cc(F)cnc3n(-c3cccc(I)c3)c2=O)CC1)c1cn2cc(F)ccc2n1. The van der Waals surface area contributed by atoms with Gasteiger partial charge in [0.25, 0.3) is 11.5 Å². The van der Waals surface area contributed by atoms with Gasteiger partial charge >= 0.3 is 5.69 Å². The minimum atomic E-state index is -0.656. The Labute approximate surface area is 239 Å². The van der Waals surface area contributed by atoms with Gasteiger partial charge in [-0.05, 0) is 90.6 Å². The van der Waals surface area contributed by atoms with Crippen LogP contribution < -0.4 is 16.6 Å². The number of nitrogens with one attached hydrogen (secondary N) is 1. The van der Waals surface area contributed by atoms with E-state index in [1.165, 1.54) is 38.1 Å². The van der Waals surface area contributed by atoms with Gasteiger partial charge in [-0.2, -0.15) is 0 Å². The summed E-state index contributed by atoms with van der Waals surface area (Å²) in [6.07, 6.45) is 6.41. The van der Waals surface area contributed by atoms with Crippen LogP contribution in [0.25, 0.3) is 22.4 Å². The first kappa shape index (κ1) is 26.3. The van der Waals surface area contributed by atoms with E-state index in [1.807, 2.05) is 6.07 Å². The van der Waals surface area contributed by atoms with Gasteiger partial charge in [-0.25, -0.2) is 28.1 Å². The number of hydrogen-bond acceptors (Lipinski definition) is 5. The molecule has 5 aromatic rings. The summed E-state index contributed by atoms with van der Waals surface area (Å²) in [5, 5.41) is 3.02. The van der Waals surface area contributed by atoms with Crippen LogP contribution in [0.4, 0.5) is 8.78 Å². The van der Waals surface area contributed by atoms with E-state index in [0.717, 1.165) is 15.8 Å². The molecule has 40 heavy (non-hydrogen) atoms. The number of hydrogen-bond donors (Lipinski definition) is 1. The van der Waals surface area contributed by atoms with E-state index >= 15 is 0 Å². The molecule has 1 aromatic carbocycles. The zero-order valence-corrected chi connectivity index (χ0v) is 23.2. The highest BCUT2D eigenvalue weighted by molar-refractivity contribution is 14.1. The molecule has 1 N–H and O–H groups in total. The van der Waals surface area contributed by atoms with Gasteiger partial charge in [-0.1, -0.05) is 6.07 Å². The summed E-state index contributed by atoms with van der Waals surface area (Å²) in [5.41, 5.74) is 0.214. The lowest BCUT2D eigenvalue weighted by Crippen LogP contribution is -2.43. The highest BCUT2D eigenvalue weighted by Gasteiger charge is 2.26. The van der Waals surface area contributed by atoms with Crippen molar-refractivity contribution < 1.29 is 13.6 Å². The number of fused-ring (bicyclic) bond motifs is 2. The Morgan fingerprint density at radius 1 is 1.02 bits per heavy atom. The predicted molar refractivity (Wildman–Crippen MR) is 153 cm³/mol. The summed E-state index contributed by atoms with van der Waals surface area (Å²) in [5.74, 6) is -1.41. The highest BCUT2D eigenvalue weighted by Crippen LogP contribution is 2.26. The molecule has 0 radical (unpaired) electrons. The molecule has 0 saturated heterocycles. The second kappa shape index (κ2) is 10.6. The topological polar surface area (TPSA) is 103 Å². The fourth-order valence-electron chi connectivity index (χ4n) is 5.30. The van der Waals surface area contributed by atoms with Gasteiger partial charge in [0.1, 0.15) is 23.0 Å². The number of benzene rings is 1. The largest absolute Gasteiger partial charge is 0.348 e. The quantitative estimate of drug-likeness (QED) is 0.288. The monoisotopic (exact) mass is 656 g/mol. The van der Waals surface area contributed by atoms with Gasteiger partial charge in [0.05, 0.1) is 17.3 Å². The molecule has 1 fully saturated rings. The molecule has 9 nitrogen and oxygen atoms in total. The number of aromatic nitrogens is 5. The van der Waals surface area contributed by atoms with Gasteiger partial charge in [0.2, 0.25) is 0 Å². The number of carbonyl (C=O) groups is 1. The number of nitrogens with zero attached hydrogens (tertiary/aromatic N) is 5. The molecule has 4 aromatic heterocycles. The number of halogens is 3. The summed E-state index contributed by atoms with van der Waals surface area (Å²) in [6, 6.07) is 11.0. The van der Waals surface area contributed by atoms with Crippen molar-refractivity contribution in [1.82, 2.24) is 28.8 Å². The standard InChI is InChI=1S/C28H23F2IN6O3/c29-17-6-9-24-34-23(15-35(24)14-17)26(38)33-20-7-4-16(5-8-20)13-36-27(39)22-10-18(30)12-32-25(22)37(28(36)40)21-3-1-2-19(31)11-21/h1-3,6,9-12,14-16,20H,4-5,7-8,13H2,(H,33,38). The second-order valence-corrected chi connectivity index (χ2v) is 11.2. The van der Waals surface area contributed by atoms with E-state index in [4.69, 9.17) is 0 Å². The summed E-state index contributed by atoms with van der Waals surface area (Å²) in [4.78, 5) is 48.1. The summed E-state index contributed by atoms with van der Waals surface area (Å²) in [6.45, 7) is 0.173. The molecular formula is C28H23F2IN6O3. The molecule has 1 saturated carbocycles.